The van der Waals surface area contributed by atoms with Crippen molar-refractivity contribution in [1.29, 1.82) is 0 Å². The van der Waals surface area contributed by atoms with E-state index in [0.29, 0.717) is 25.0 Å². The summed E-state index contributed by atoms with van der Waals surface area (Å²) >= 11 is 0. The normalized spacial score (nSPS) is 19.9. The molecule has 1 aromatic carbocycles. The predicted molar refractivity (Wildman–Crippen MR) is 74.8 cm³/mol. The molecule has 0 atom stereocenters. The van der Waals surface area contributed by atoms with Crippen LogP contribution in [0.5, 0.6) is 0 Å². The molecule has 0 amide bonds. The Morgan fingerprint density at radius 2 is 1.89 bits per heavy atom. The number of benzene rings is 1. The lowest BCUT2D eigenvalue weighted by Crippen LogP contribution is -2.36. The summed E-state index contributed by atoms with van der Waals surface area (Å²) in [5.74, 6) is 0.421. The van der Waals surface area contributed by atoms with Gasteiger partial charge in [-0.15, -0.1) is 0 Å². The van der Waals surface area contributed by atoms with Crippen LogP contribution in [0.1, 0.15) is 12.0 Å². The van der Waals surface area contributed by atoms with Crippen molar-refractivity contribution in [2.45, 2.75) is 13.0 Å². The number of sulfone groups is 1. The largest absolute Gasteiger partial charge is 0.488 e. The maximum absolute atomic E-state index is 11.5. The van der Waals surface area contributed by atoms with E-state index in [2.05, 4.69) is 0 Å². The Kier molecular flexibility index (Phi) is 4.62. The highest BCUT2D eigenvalue weighted by atomic mass is 32.2. The molecule has 0 aromatic heterocycles. The third-order valence-electron chi connectivity index (χ3n) is 3.38. The molecule has 5 nitrogen and oxygen atoms in total. The Balaban J connectivity index is 2.09. The van der Waals surface area contributed by atoms with Crippen LogP contribution in [0.15, 0.2) is 24.3 Å². The van der Waals surface area contributed by atoms with E-state index in [0.717, 1.165) is 12.1 Å². The minimum atomic E-state index is -2.91. The van der Waals surface area contributed by atoms with Gasteiger partial charge in [0.15, 0.2) is 9.84 Å². The molecule has 1 aliphatic heterocycles. The third kappa shape index (κ3) is 4.04. The summed E-state index contributed by atoms with van der Waals surface area (Å²) in [6.07, 6.45) is 0.631. The zero-order chi connectivity index (χ0) is 13.9. The van der Waals surface area contributed by atoms with Crippen LogP contribution in [0.25, 0.3) is 0 Å². The highest BCUT2D eigenvalue weighted by Gasteiger charge is 2.21. The maximum Gasteiger partial charge on any atom is 0.488 e. The Morgan fingerprint density at radius 3 is 2.63 bits per heavy atom. The lowest BCUT2D eigenvalue weighted by molar-refractivity contribution is 0.287. The zero-order valence-corrected chi connectivity index (χ0v) is 11.5. The molecule has 0 spiro atoms. The Hall–Kier alpha value is -0.885. The fraction of sp³-hybridized carbons (Fsp3) is 0.500. The van der Waals surface area contributed by atoms with Crippen LogP contribution in [0.4, 0.5) is 0 Å². The van der Waals surface area contributed by atoms with Crippen LogP contribution in [0.2, 0.25) is 0 Å². The smallest absolute Gasteiger partial charge is 0.423 e. The van der Waals surface area contributed by atoms with Crippen molar-refractivity contribution in [3.8, 4) is 0 Å². The highest BCUT2D eigenvalue weighted by Crippen LogP contribution is 2.09. The molecule has 1 aliphatic rings. The Morgan fingerprint density at radius 1 is 1.16 bits per heavy atom. The molecule has 104 valence electrons. The van der Waals surface area contributed by atoms with E-state index in [4.69, 9.17) is 0 Å². The minimum Gasteiger partial charge on any atom is -0.423 e. The molecule has 0 saturated carbocycles. The van der Waals surface area contributed by atoms with Gasteiger partial charge in [0, 0.05) is 13.1 Å². The van der Waals surface area contributed by atoms with Crippen LogP contribution >= 0.6 is 0 Å². The zero-order valence-electron chi connectivity index (χ0n) is 10.7. The van der Waals surface area contributed by atoms with Crippen molar-refractivity contribution >= 4 is 22.4 Å². The van der Waals surface area contributed by atoms with Crippen molar-refractivity contribution in [2.75, 3.05) is 24.6 Å². The van der Waals surface area contributed by atoms with Crippen LogP contribution in [-0.4, -0.2) is 55.1 Å². The van der Waals surface area contributed by atoms with Gasteiger partial charge in [0.25, 0.3) is 0 Å². The summed E-state index contributed by atoms with van der Waals surface area (Å²) in [7, 11) is -4.40. The number of nitrogens with zero attached hydrogens (tertiary/aromatic N) is 1. The van der Waals surface area contributed by atoms with E-state index in [1.165, 1.54) is 0 Å². The topological polar surface area (TPSA) is 77.8 Å². The summed E-state index contributed by atoms with van der Waals surface area (Å²) < 4.78 is 23.1. The molecule has 2 N–H and O–H groups in total. The third-order valence-corrected chi connectivity index (χ3v) is 5.09. The Bertz CT molecular complexity index is 532. The average Bonchev–Trinajstić information content (AvgIpc) is 2.51. The van der Waals surface area contributed by atoms with Gasteiger partial charge in [-0.1, -0.05) is 24.3 Å². The lowest BCUT2D eigenvalue weighted by atomic mass is 9.77. The first-order valence-electron chi connectivity index (χ1n) is 6.35. The van der Waals surface area contributed by atoms with E-state index in [1.54, 1.807) is 12.1 Å². The monoisotopic (exact) mass is 283 g/mol. The summed E-state index contributed by atoms with van der Waals surface area (Å²) in [5, 5.41) is 18.6. The van der Waals surface area contributed by atoms with E-state index in [1.807, 2.05) is 17.0 Å². The average molecular weight is 283 g/mol. The summed E-state index contributed by atoms with van der Waals surface area (Å²) in [6.45, 7) is 1.76. The second-order valence-electron chi connectivity index (χ2n) is 4.85. The summed E-state index contributed by atoms with van der Waals surface area (Å²) in [5.41, 5.74) is 1.31. The minimum absolute atomic E-state index is 0.177. The van der Waals surface area contributed by atoms with Gasteiger partial charge in [-0.2, -0.15) is 0 Å². The maximum atomic E-state index is 11.5. The number of hydrogen-bond acceptors (Lipinski definition) is 5. The summed E-state index contributed by atoms with van der Waals surface area (Å²) in [6, 6.07) is 7.11. The molecule has 7 heteroatoms. The van der Waals surface area contributed by atoms with E-state index >= 15 is 0 Å². The molecule has 1 fully saturated rings. The summed E-state index contributed by atoms with van der Waals surface area (Å²) in [4.78, 5) is 2.05. The van der Waals surface area contributed by atoms with E-state index < -0.39 is 17.0 Å². The SMILES string of the molecule is O=S1(=O)CCCN(Cc2ccccc2B(O)O)CC1. The van der Waals surface area contributed by atoms with Crippen molar-refractivity contribution in [1.82, 2.24) is 4.90 Å². The predicted octanol–water partition coefficient (Wildman–Crippen LogP) is -1.01. The number of hydrogen-bond donors (Lipinski definition) is 2. The number of rotatable bonds is 3. The standard InChI is InChI=1S/C12H18BNO4S/c15-13(16)12-5-2-1-4-11(12)10-14-6-3-8-19(17,18)9-7-14/h1-2,4-5,15-16H,3,6-10H2. The fourth-order valence-corrected chi connectivity index (χ4v) is 3.63. The van der Waals surface area contributed by atoms with Crippen LogP contribution in [0.3, 0.4) is 0 Å². The van der Waals surface area contributed by atoms with Crippen molar-refractivity contribution in [3.05, 3.63) is 29.8 Å². The first-order valence-corrected chi connectivity index (χ1v) is 8.17. The molecule has 0 radical (unpaired) electrons. The molecule has 19 heavy (non-hydrogen) atoms. The van der Waals surface area contributed by atoms with Crippen molar-refractivity contribution < 1.29 is 18.5 Å². The fourth-order valence-electron chi connectivity index (χ4n) is 2.32. The molecular weight excluding hydrogens is 265 g/mol. The molecular formula is C12H18BNO4S. The van der Waals surface area contributed by atoms with Gasteiger partial charge >= 0.3 is 7.12 Å². The van der Waals surface area contributed by atoms with Gasteiger partial charge in [0.1, 0.15) is 0 Å². The molecule has 1 aromatic rings. The van der Waals surface area contributed by atoms with Gasteiger partial charge in [-0.05, 0) is 24.0 Å². The highest BCUT2D eigenvalue weighted by molar-refractivity contribution is 7.91. The molecule has 2 rings (SSSR count). The quantitative estimate of drug-likeness (QED) is 0.695. The second kappa shape index (κ2) is 6.05. The molecule has 0 bridgehead atoms. The Labute approximate surface area is 113 Å². The van der Waals surface area contributed by atoms with Crippen LogP contribution < -0.4 is 5.46 Å². The van der Waals surface area contributed by atoms with Crippen molar-refractivity contribution in [3.63, 3.8) is 0 Å². The van der Waals surface area contributed by atoms with Crippen molar-refractivity contribution in [2.24, 2.45) is 0 Å². The van der Waals surface area contributed by atoms with E-state index in [9.17, 15) is 18.5 Å². The van der Waals surface area contributed by atoms with Gasteiger partial charge in [-0.3, -0.25) is 4.90 Å². The van der Waals surface area contributed by atoms with Gasteiger partial charge in [0.2, 0.25) is 0 Å². The first-order chi connectivity index (χ1) is 8.98. The van der Waals surface area contributed by atoms with E-state index in [-0.39, 0.29) is 11.5 Å². The molecule has 0 unspecified atom stereocenters. The first kappa shape index (κ1) is 14.5. The molecule has 0 aliphatic carbocycles. The second-order valence-corrected chi connectivity index (χ2v) is 7.16. The van der Waals surface area contributed by atoms with Crippen LogP contribution in [-0.2, 0) is 16.4 Å². The van der Waals surface area contributed by atoms with Gasteiger partial charge in [0.05, 0.1) is 11.5 Å². The molecule has 1 saturated heterocycles. The lowest BCUT2D eigenvalue weighted by Gasteiger charge is -2.20. The molecule has 1 heterocycles. The van der Waals surface area contributed by atoms with Gasteiger partial charge < -0.3 is 10.0 Å². The van der Waals surface area contributed by atoms with Crippen LogP contribution in [0, 0.1) is 0 Å². The van der Waals surface area contributed by atoms with Gasteiger partial charge in [-0.25, -0.2) is 8.42 Å².